The molecule has 1 aromatic rings. The Morgan fingerprint density at radius 3 is 3.00 bits per heavy atom. The average molecular weight is 243 g/mol. The SMILES string of the molecule is CNC(C)c1nnc(NCCOCC(N)=O)o1. The number of nitrogens with two attached hydrogens (primary N) is 1. The van der Waals surface area contributed by atoms with Crippen molar-refractivity contribution in [3.63, 3.8) is 0 Å². The Bertz CT molecular complexity index is 354. The molecule has 1 atom stereocenters. The molecule has 1 unspecified atom stereocenters. The number of anilines is 1. The molecule has 1 heterocycles. The van der Waals surface area contributed by atoms with Gasteiger partial charge in [-0.3, -0.25) is 4.79 Å². The maximum absolute atomic E-state index is 10.4. The van der Waals surface area contributed by atoms with E-state index in [-0.39, 0.29) is 12.6 Å². The highest BCUT2D eigenvalue weighted by Crippen LogP contribution is 2.12. The van der Waals surface area contributed by atoms with E-state index < -0.39 is 5.91 Å². The fraction of sp³-hybridized carbons (Fsp3) is 0.667. The van der Waals surface area contributed by atoms with Gasteiger partial charge < -0.3 is 25.5 Å². The monoisotopic (exact) mass is 243 g/mol. The average Bonchev–Trinajstić information content (AvgIpc) is 2.76. The van der Waals surface area contributed by atoms with Crippen molar-refractivity contribution in [2.75, 3.05) is 32.1 Å². The van der Waals surface area contributed by atoms with Crippen molar-refractivity contribution in [3.05, 3.63) is 5.89 Å². The fourth-order valence-electron chi connectivity index (χ4n) is 1.01. The van der Waals surface area contributed by atoms with E-state index >= 15 is 0 Å². The molecule has 4 N–H and O–H groups in total. The Morgan fingerprint density at radius 1 is 1.59 bits per heavy atom. The molecule has 0 aliphatic rings. The Kier molecular flexibility index (Phi) is 5.37. The van der Waals surface area contributed by atoms with Crippen LogP contribution in [0.4, 0.5) is 6.01 Å². The smallest absolute Gasteiger partial charge is 0.315 e. The number of hydrogen-bond acceptors (Lipinski definition) is 7. The fourth-order valence-corrected chi connectivity index (χ4v) is 1.01. The maximum atomic E-state index is 10.4. The summed E-state index contributed by atoms with van der Waals surface area (Å²) >= 11 is 0. The van der Waals surface area contributed by atoms with Crippen molar-refractivity contribution in [1.82, 2.24) is 15.5 Å². The van der Waals surface area contributed by atoms with Crippen LogP contribution in [0, 0.1) is 0 Å². The van der Waals surface area contributed by atoms with Gasteiger partial charge in [-0.2, -0.15) is 0 Å². The molecule has 0 aliphatic heterocycles. The van der Waals surface area contributed by atoms with Crippen molar-refractivity contribution >= 4 is 11.9 Å². The second-order valence-electron chi connectivity index (χ2n) is 3.40. The van der Waals surface area contributed by atoms with Crippen LogP contribution >= 0.6 is 0 Å². The van der Waals surface area contributed by atoms with E-state index in [1.165, 1.54) is 0 Å². The summed E-state index contributed by atoms with van der Waals surface area (Å²) in [4.78, 5) is 10.4. The molecule has 1 aromatic heterocycles. The molecule has 96 valence electrons. The van der Waals surface area contributed by atoms with Crippen LogP contribution in [0.5, 0.6) is 0 Å². The van der Waals surface area contributed by atoms with E-state index in [4.69, 9.17) is 14.9 Å². The summed E-state index contributed by atoms with van der Waals surface area (Å²) in [5, 5.41) is 13.5. The van der Waals surface area contributed by atoms with Gasteiger partial charge in [-0.25, -0.2) is 0 Å². The third-order valence-electron chi connectivity index (χ3n) is 2.01. The lowest BCUT2D eigenvalue weighted by molar-refractivity contribution is -0.122. The minimum absolute atomic E-state index is 0.00385. The highest BCUT2D eigenvalue weighted by atomic mass is 16.5. The molecule has 8 nitrogen and oxygen atoms in total. The maximum Gasteiger partial charge on any atom is 0.315 e. The molecule has 8 heteroatoms. The summed E-state index contributed by atoms with van der Waals surface area (Å²) in [7, 11) is 1.81. The van der Waals surface area contributed by atoms with Crippen LogP contribution in [0.2, 0.25) is 0 Å². The zero-order chi connectivity index (χ0) is 12.7. The van der Waals surface area contributed by atoms with Gasteiger partial charge in [-0.1, -0.05) is 5.10 Å². The molecule has 0 radical (unpaired) electrons. The van der Waals surface area contributed by atoms with E-state index in [1.807, 2.05) is 6.92 Å². The van der Waals surface area contributed by atoms with Gasteiger partial charge >= 0.3 is 6.01 Å². The first-order chi connectivity index (χ1) is 8.13. The number of nitrogens with zero attached hydrogens (tertiary/aromatic N) is 2. The number of primary amides is 1. The van der Waals surface area contributed by atoms with Gasteiger partial charge in [0.25, 0.3) is 0 Å². The number of rotatable bonds is 8. The minimum atomic E-state index is -0.493. The highest BCUT2D eigenvalue weighted by molar-refractivity contribution is 5.74. The van der Waals surface area contributed by atoms with Crippen LogP contribution < -0.4 is 16.4 Å². The van der Waals surface area contributed by atoms with E-state index in [1.54, 1.807) is 7.05 Å². The standard InChI is InChI=1S/C9H17N5O3/c1-6(11-2)8-13-14-9(17-8)12-3-4-16-5-7(10)15/h6,11H,3-5H2,1-2H3,(H2,10,15)(H,12,14). The molecule has 1 amide bonds. The van der Waals surface area contributed by atoms with Crippen LogP contribution in [0.3, 0.4) is 0 Å². The first-order valence-corrected chi connectivity index (χ1v) is 5.24. The number of hydrogen-bond donors (Lipinski definition) is 3. The molecular formula is C9H17N5O3. The molecule has 17 heavy (non-hydrogen) atoms. The molecule has 0 aliphatic carbocycles. The number of amides is 1. The highest BCUT2D eigenvalue weighted by Gasteiger charge is 2.11. The van der Waals surface area contributed by atoms with E-state index in [2.05, 4.69) is 20.8 Å². The van der Waals surface area contributed by atoms with Crippen molar-refractivity contribution in [2.24, 2.45) is 5.73 Å². The molecule has 1 rings (SSSR count). The summed E-state index contributed by atoms with van der Waals surface area (Å²) in [6.07, 6.45) is 0. The lowest BCUT2D eigenvalue weighted by Gasteiger charge is -2.03. The van der Waals surface area contributed by atoms with E-state index in [0.717, 1.165) is 0 Å². The number of ether oxygens (including phenoxy) is 1. The Morgan fingerprint density at radius 2 is 2.35 bits per heavy atom. The summed E-state index contributed by atoms with van der Waals surface area (Å²) in [5.41, 5.74) is 4.91. The molecular weight excluding hydrogens is 226 g/mol. The van der Waals surface area contributed by atoms with E-state index in [0.29, 0.717) is 25.1 Å². The first kappa shape index (κ1) is 13.4. The molecule has 0 saturated heterocycles. The van der Waals surface area contributed by atoms with Gasteiger partial charge in [0.05, 0.1) is 12.6 Å². The molecule has 0 bridgehead atoms. The quantitative estimate of drug-likeness (QED) is 0.515. The Hall–Kier alpha value is -1.67. The van der Waals surface area contributed by atoms with Gasteiger partial charge in [-0.05, 0) is 14.0 Å². The summed E-state index contributed by atoms with van der Waals surface area (Å²) in [5.74, 6) is 0.0148. The van der Waals surface area contributed by atoms with Crippen molar-refractivity contribution in [3.8, 4) is 0 Å². The van der Waals surface area contributed by atoms with Crippen molar-refractivity contribution < 1.29 is 13.9 Å². The normalized spacial score (nSPS) is 12.4. The van der Waals surface area contributed by atoms with E-state index in [9.17, 15) is 4.79 Å². The van der Waals surface area contributed by atoms with Gasteiger partial charge in [0.15, 0.2) is 0 Å². The molecule has 0 aromatic carbocycles. The topological polar surface area (TPSA) is 115 Å². The van der Waals surface area contributed by atoms with Gasteiger partial charge in [0, 0.05) is 6.54 Å². The molecule has 0 saturated carbocycles. The number of carbonyl (C=O) groups excluding carboxylic acids is 1. The third kappa shape index (κ3) is 4.79. The van der Waals surface area contributed by atoms with Crippen LogP contribution in [-0.2, 0) is 9.53 Å². The zero-order valence-electron chi connectivity index (χ0n) is 9.90. The summed E-state index contributed by atoms with van der Waals surface area (Å²) in [6, 6.07) is 0.328. The Balaban J connectivity index is 2.23. The van der Waals surface area contributed by atoms with Gasteiger partial charge in [0.2, 0.25) is 11.8 Å². The third-order valence-corrected chi connectivity index (χ3v) is 2.01. The Labute approximate surface area is 98.9 Å². The lowest BCUT2D eigenvalue weighted by Crippen LogP contribution is -2.20. The van der Waals surface area contributed by atoms with Gasteiger partial charge in [-0.15, -0.1) is 5.10 Å². The second-order valence-corrected chi connectivity index (χ2v) is 3.40. The second kappa shape index (κ2) is 6.81. The van der Waals surface area contributed by atoms with Crippen LogP contribution in [-0.4, -0.2) is 42.9 Å². The first-order valence-electron chi connectivity index (χ1n) is 5.24. The number of carbonyl (C=O) groups is 1. The van der Waals surface area contributed by atoms with Crippen molar-refractivity contribution in [1.29, 1.82) is 0 Å². The predicted molar refractivity (Wildman–Crippen MR) is 60.3 cm³/mol. The molecule has 0 fully saturated rings. The largest absolute Gasteiger partial charge is 0.406 e. The zero-order valence-corrected chi connectivity index (χ0v) is 9.90. The van der Waals surface area contributed by atoms with Crippen LogP contribution in [0.25, 0.3) is 0 Å². The number of nitrogens with one attached hydrogen (secondary N) is 2. The predicted octanol–water partition coefficient (Wildman–Crippen LogP) is -0.736. The lowest BCUT2D eigenvalue weighted by atomic mass is 10.3. The van der Waals surface area contributed by atoms with Crippen molar-refractivity contribution in [2.45, 2.75) is 13.0 Å². The summed E-state index contributed by atoms with van der Waals surface area (Å²) in [6.45, 7) is 2.62. The van der Waals surface area contributed by atoms with Crippen LogP contribution in [0.15, 0.2) is 4.42 Å². The minimum Gasteiger partial charge on any atom is -0.406 e. The van der Waals surface area contributed by atoms with Crippen LogP contribution in [0.1, 0.15) is 18.9 Å². The number of aromatic nitrogens is 2. The molecule has 0 spiro atoms. The van der Waals surface area contributed by atoms with Gasteiger partial charge in [0.1, 0.15) is 6.61 Å². The summed E-state index contributed by atoms with van der Waals surface area (Å²) < 4.78 is 10.3.